The molecule has 0 radical (unpaired) electrons. The normalized spacial score (nSPS) is 12.5. The summed E-state index contributed by atoms with van der Waals surface area (Å²) in [5.74, 6) is -0.272. The fraction of sp³-hybridized carbons (Fsp3) is 0.125. The SMILES string of the molecule is CC(Sc1nnnn1-c1ccccc1)C(=O)Nc1ccc(S(N)(=O)=O)cc1. The van der Waals surface area contributed by atoms with E-state index in [1.807, 2.05) is 30.3 Å². The molecule has 0 spiro atoms. The highest BCUT2D eigenvalue weighted by Gasteiger charge is 2.19. The summed E-state index contributed by atoms with van der Waals surface area (Å²) < 4.78 is 24.1. The number of aromatic nitrogens is 4. The number of carbonyl (C=O) groups is 1. The zero-order valence-electron chi connectivity index (χ0n) is 14.2. The maximum absolute atomic E-state index is 12.4. The van der Waals surface area contributed by atoms with Gasteiger partial charge in [0, 0.05) is 5.69 Å². The van der Waals surface area contributed by atoms with Gasteiger partial charge in [0.05, 0.1) is 15.8 Å². The second-order valence-electron chi connectivity index (χ2n) is 5.53. The van der Waals surface area contributed by atoms with E-state index in [1.165, 1.54) is 36.0 Å². The number of nitrogens with one attached hydrogen (secondary N) is 1. The molecular formula is C16H16N6O3S2. The van der Waals surface area contributed by atoms with Gasteiger partial charge in [0.1, 0.15) is 0 Å². The van der Waals surface area contributed by atoms with Crippen molar-refractivity contribution in [1.29, 1.82) is 0 Å². The number of carbonyl (C=O) groups excluding carboxylic acids is 1. The largest absolute Gasteiger partial charge is 0.325 e. The number of thioether (sulfide) groups is 1. The summed E-state index contributed by atoms with van der Waals surface area (Å²) in [5.41, 5.74) is 1.25. The molecule has 2 aromatic carbocycles. The van der Waals surface area contributed by atoms with Crippen LogP contribution in [0.1, 0.15) is 6.92 Å². The maximum Gasteiger partial charge on any atom is 0.238 e. The van der Waals surface area contributed by atoms with Crippen molar-refractivity contribution in [1.82, 2.24) is 20.2 Å². The van der Waals surface area contributed by atoms with E-state index in [-0.39, 0.29) is 10.8 Å². The van der Waals surface area contributed by atoms with Crippen LogP contribution in [-0.2, 0) is 14.8 Å². The predicted octanol–water partition coefficient (Wildman–Crippen LogP) is 1.43. The second kappa shape index (κ2) is 7.86. The summed E-state index contributed by atoms with van der Waals surface area (Å²) in [4.78, 5) is 12.4. The zero-order valence-corrected chi connectivity index (χ0v) is 15.8. The van der Waals surface area contributed by atoms with E-state index in [2.05, 4.69) is 20.8 Å². The van der Waals surface area contributed by atoms with Crippen LogP contribution >= 0.6 is 11.8 Å². The quantitative estimate of drug-likeness (QED) is 0.594. The number of tetrazole rings is 1. The lowest BCUT2D eigenvalue weighted by molar-refractivity contribution is -0.115. The van der Waals surface area contributed by atoms with E-state index in [4.69, 9.17) is 5.14 Å². The van der Waals surface area contributed by atoms with Crippen molar-refractivity contribution in [3.63, 3.8) is 0 Å². The third-order valence-corrected chi connectivity index (χ3v) is 5.51. The Labute approximate surface area is 160 Å². The molecule has 11 heteroatoms. The van der Waals surface area contributed by atoms with Gasteiger partial charge in [-0.25, -0.2) is 13.6 Å². The highest BCUT2D eigenvalue weighted by Crippen LogP contribution is 2.24. The molecule has 1 unspecified atom stereocenters. The van der Waals surface area contributed by atoms with Crippen LogP contribution in [0.5, 0.6) is 0 Å². The average molecular weight is 404 g/mol. The van der Waals surface area contributed by atoms with E-state index in [0.717, 1.165) is 5.69 Å². The van der Waals surface area contributed by atoms with Crippen molar-refractivity contribution in [2.75, 3.05) is 5.32 Å². The minimum atomic E-state index is -3.77. The number of primary sulfonamides is 1. The molecule has 140 valence electrons. The molecule has 3 rings (SSSR count). The van der Waals surface area contributed by atoms with Gasteiger partial charge in [-0.15, -0.1) is 5.10 Å². The topological polar surface area (TPSA) is 133 Å². The minimum absolute atomic E-state index is 0.0232. The molecule has 0 saturated heterocycles. The fourth-order valence-corrected chi connectivity index (χ4v) is 3.49. The van der Waals surface area contributed by atoms with Crippen LogP contribution in [0.15, 0.2) is 64.6 Å². The number of anilines is 1. The molecule has 1 aromatic heterocycles. The van der Waals surface area contributed by atoms with Gasteiger partial charge in [-0.1, -0.05) is 30.0 Å². The zero-order chi connectivity index (χ0) is 19.4. The highest BCUT2D eigenvalue weighted by molar-refractivity contribution is 8.00. The Hall–Kier alpha value is -2.76. The molecule has 0 fully saturated rings. The Morgan fingerprint density at radius 3 is 2.44 bits per heavy atom. The molecule has 0 bridgehead atoms. The number of hydrogen-bond acceptors (Lipinski definition) is 7. The average Bonchev–Trinajstić information content (AvgIpc) is 3.10. The number of benzene rings is 2. The van der Waals surface area contributed by atoms with Crippen molar-refractivity contribution < 1.29 is 13.2 Å². The molecule has 0 aliphatic heterocycles. The highest BCUT2D eigenvalue weighted by atomic mass is 32.2. The van der Waals surface area contributed by atoms with Gasteiger partial charge in [0.2, 0.25) is 21.1 Å². The molecule has 0 aliphatic rings. The van der Waals surface area contributed by atoms with E-state index in [0.29, 0.717) is 10.8 Å². The molecule has 1 atom stereocenters. The van der Waals surface area contributed by atoms with Crippen LogP contribution < -0.4 is 10.5 Å². The lowest BCUT2D eigenvalue weighted by Crippen LogP contribution is -2.23. The summed E-state index contributed by atoms with van der Waals surface area (Å²) in [6.45, 7) is 1.72. The Balaban J connectivity index is 1.68. The predicted molar refractivity (Wildman–Crippen MR) is 101 cm³/mol. The lowest BCUT2D eigenvalue weighted by Gasteiger charge is -2.12. The summed E-state index contributed by atoms with van der Waals surface area (Å²) in [5, 5.41) is 19.3. The molecule has 3 aromatic rings. The van der Waals surface area contributed by atoms with E-state index >= 15 is 0 Å². The Kier molecular flexibility index (Phi) is 5.54. The molecule has 0 saturated carbocycles. The van der Waals surface area contributed by atoms with E-state index < -0.39 is 15.3 Å². The first-order valence-corrected chi connectivity index (χ1v) is 10.2. The number of nitrogens with zero attached hydrogens (tertiary/aromatic N) is 4. The monoisotopic (exact) mass is 404 g/mol. The molecule has 3 N–H and O–H groups in total. The standard InChI is InChI=1S/C16H16N6O3S2/c1-11(15(23)18-12-7-9-14(10-8-12)27(17,24)25)26-16-19-20-21-22(16)13-5-3-2-4-6-13/h2-11H,1H3,(H,18,23)(H2,17,24,25). The fourth-order valence-electron chi connectivity index (χ4n) is 2.17. The van der Waals surface area contributed by atoms with Crippen LogP contribution in [0.25, 0.3) is 5.69 Å². The van der Waals surface area contributed by atoms with Crippen LogP contribution in [0.4, 0.5) is 5.69 Å². The van der Waals surface area contributed by atoms with Gasteiger partial charge in [-0.05, 0) is 53.7 Å². The van der Waals surface area contributed by atoms with Crippen LogP contribution in [0.3, 0.4) is 0 Å². The third-order valence-electron chi connectivity index (χ3n) is 3.54. The first-order chi connectivity index (χ1) is 12.8. The van der Waals surface area contributed by atoms with Crippen LogP contribution in [0.2, 0.25) is 0 Å². The van der Waals surface area contributed by atoms with Gasteiger partial charge in [-0.3, -0.25) is 4.79 Å². The Bertz CT molecular complexity index is 1040. The number of sulfonamides is 1. The number of para-hydroxylation sites is 1. The molecule has 9 nitrogen and oxygen atoms in total. The van der Waals surface area contributed by atoms with Gasteiger partial charge in [0.15, 0.2) is 0 Å². The van der Waals surface area contributed by atoms with E-state index in [1.54, 1.807) is 11.6 Å². The first kappa shape index (κ1) is 19.0. The Morgan fingerprint density at radius 2 is 1.81 bits per heavy atom. The molecule has 1 amide bonds. The molecule has 0 aliphatic carbocycles. The number of rotatable bonds is 6. The number of nitrogens with two attached hydrogens (primary N) is 1. The van der Waals surface area contributed by atoms with Gasteiger partial charge < -0.3 is 5.32 Å². The summed E-state index contributed by atoms with van der Waals surface area (Å²) in [6, 6.07) is 15.0. The molecular weight excluding hydrogens is 388 g/mol. The summed E-state index contributed by atoms with van der Waals surface area (Å²) in [7, 11) is -3.77. The maximum atomic E-state index is 12.4. The lowest BCUT2D eigenvalue weighted by atomic mass is 10.3. The summed E-state index contributed by atoms with van der Waals surface area (Å²) >= 11 is 1.21. The molecule has 1 heterocycles. The van der Waals surface area contributed by atoms with Crippen molar-refractivity contribution in [2.24, 2.45) is 5.14 Å². The van der Waals surface area contributed by atoms with Gasteiger partial charge >= 0.3 is 0 Å². The second-order valence-corrected chi connectivity index (χ2v) is 8.40. The number of amides is 1. The summed E-state index contributed by atoms with van der Waals surface area (Å²) in [6.07, 6.45) is 0. The van der Waals surface area contributed by atoms with Crippen LogP contribution in [0, 0.1) is 0 Å². The van der Waals surface area contributed by atoms with Gasteiger partial charge in [-0.2, -0.15) is 4.68 Å². The van der Waals surface area contributed by atoms with Crippen molar-refractivity contribution in [2.45, 2.75) is 22.2 Å². The van der Waals surface area contributed by atoms with Crippen molar-refractivity contribution in [3.05, 3.63) is 54.6 Å². The van der Waals surface area contributed by atoms with Gasteiger partial charge in [0.25, 0.3) is 0 Å². The van der Waals surface area contributed by atoms with Crippen molar-refractivity contribution >= 4 is 33.4 Å². The smallest absolute Gasteiger partial charge is 0.238 e. The first-order valence-electron chi connectivity index (χ1n) is 7.79. The molecule has 27 heavy (non-hydrogen) atoms. The van der Waals surface area contributed by atoms with Crippen molar-refractivity contribution in [3.8, 4) is 5.69 Å². The third kappa shape index (κ3) is 4.70. The number of hydrogen-bond donors (Lipinski definition) is 2. The van der Waals surface area contributed by atoms with E-state index in [9.17, 15) is 13.2 Å². The van der Waals surface area contributed by atoms with Crippen LogP contribution in [-0.4, -0.2) is 39.8 Å². The minimum Gasteiger partial charge on any atom is -0.325 e. The Morgan fingerprint density at radius 1 is 1.15 bits per heavy atom.